The zero-order chi connectivity index (χ0) is 12.5. The van der Waals surface area contributed by atoms with E-state index in [9.17, 15) is 9.18 Å². The van der Waals surface area contributed by atoms with Gasteiger partial charge in [-0.15, -0.1) is 0 Å². The van der Waals surface area contributed by atoms with Gasteiger partial charge in [-0.3, -0.25) is 4.79 Å². The number of carbonyl (C=O) groups excluding carboxylic acids is 1. The lowest BCUT2D eigenvalue weighted by molar-refractivity contribution is 0.0473. The SMILES string of the molecule is CC1(C)CNCCN1C(=O)c1ccccc1F. The highest BCUT2D eigenvalue weighted by atomic mass is 19.1. The van der Waals surface area contributed by atoms with Crippen molar-refractivity contribution in [1.82, 2.24) is 10.2 Å². The first-order valence-corrected chi connectivity index (χ1v) is 5.79. The molecule has 1 aromatic carbocycles. The van der Waals surface area contributed by atoms with Crippen LogP contribution in [0.3, 0.4) is 0 Å². The number of piperazine rings is 1. The highest BCUT2D eigenvalue weighted by Gasteiger charge is 2.34. The van der Waals surface area contributed by atoms with Gasteiger partial charge in [-0.05, 0) is 26.0 Å². The van der Waals surface area contributed by atoms with Crippen LogP contribution in [0.25, 0.3) is 0 Å². The maximum atomic E-state index is 13.6. The lowest BCUT2D eigenvalue weighted by atomic mass is 9.98. The third-order valence-electron chi connectivity index (χ3n) is 3.15. The van der Waals surface area contributed by atoms with Gasteiger partial charge in [0.25, 0.3) is 5.91 Å². The number of amides is 1. The van der Waals surface area contributed by atoms with Gasteiger partial charge in [0.2, 0.25) is 0 Å². The second-order valence-electron chi connectivity index (χ2n) is 4.93. The summed E-state index contributed by atoms with van der Waals surface area (Å²) in [5.74, 6) is -0.679. The van der Waals surface area contributed by atoms with E-state index < -0.39 is 5.82 Å². The molecule has 0 radical (unpaired) electrons. The fourth-order valence-electron chi connectivity index (χ4n) is 2.14. The van der Waals surface area contributed by atoms with E-state index in [1.165, 1.54) is 12.1 Å². The van der Waals surface area contributed by atoms with Crippen molar-refractivity contribution in [3.8, 4) is 0 Å². The number of carbonyl (C=O) groups is 1. The first kappa shape index (κ1) is 12.0. The number of rotatable bonds is 1. The van der Waals surface area contributed by atoms with Gasteiger partial charge in [-0.1, -0.05) is 12.1 Å². The Morgan fingerprint density at radius 1 is 1.41 bits per heavy atom. The first-order chi connectivity index (χ1) is 8.02. The number of benzene rings is 1. The smallest absolute Gasteiger partial charge is 0.257 e. The Balaban J connectivity index is 2.28. The van der Waals surface area contributed by atoms with Crippen molar-refractivity contribution < 1.29 is 9.18 Å². The Hall–Kier alpha value is -1.42. The van der Waals surface area contributed by atoms with Gasteiger partial charge < -0.3 is 10.2 Å². The minimum absolute atomic E-state index is 0.155. The van der Waals surface area contributed by atoms with Gasteiger partial charge in [0.05, 0.1) is 11.1 Å². The first-order valence-electron chi connectivity index (χ1n) is 5.79. The summed E-state index contributed by atoms with van der Waals surface area (Å²) in [6, 6.07) is 6.14. The van der Waals surface area contributed by atoms with Gasteiger partial charge in [-0.2, -0.15) is 0 Å². The summed E-state index contributed by atoms with van der Waals surface area (Å²) in [7, 11) is 0. The van der Waals surface area contributed by atoms with Crippen LogP contribution in [-0.2, 0) is 0 Å². The van der Waals surface area contributed by atoms with E-state index >= 15 is 0 Å². The highest BCUT2D eigenvalue weighted by Crippen LogP contribution is 2.20. The summed E-state index contributed by atoms with van der Waals surface area (Å²) in [6.07, 6.45) is 0. The van der Waals surface area contributed by atoms with Crippen molar-refractivity contribution in [1.29, 1.82) is 0 Å². The molecule has 0 aromatic heterocycles. The van der Waals surface area contributed by atoms with Crippen LogP contribution < -0.4 is 5.32 Å². The summed E-state index contributed by atoms with van der Waals surface area (Å²) < 4.78 is 13.6. The lowest BCUT2D eigenvalue weighted by Gasteiger charge is -2.42. The van der Waals surface area contributed by atoms with Crippen LogP contribution in [0, 0.1) is 5.82 Å². The summed E-state index contributed by atoms with van der Waals surface area (Å²) in [5, 5.41) is 3.24. The molecule has 0 aliphatic carbocycles. The van der Waals surface area contributed by atoms with Crippen LogP contribution in [-0.4, -0.2) is 36.0 Å². The molecule has 1 saturated heterocycles. The monoisotopic (exact) mass is 236 g/mol. The van der Waals surface area contributed by atoms with E-state index in [2.05, 4.69) is 5.32 Å². The largest absolute Gasteiger partial charge is 0.331 e. The Bertz CT molecular complexity index is 431. The summed E-state index contributed by atoms with van der Waals surface area (Å²) in [6.45, 7) is 6.06. The maximum absolute atomic E-state index is 13.6. The Morgan fingerprint density at radius 3 is 2.76 bits per heavy atom. The van der Waals surface area contributed by atoms with E-state index in [0.717, 1.165) is 13.1 Å². The number of hydrogen-bond acceptors (Lipinski definition) is 2. The average molecular weight is 236 g/mol. The zero-order valence-electron chi connectivity index (χ0n) is 10.2. The molecule has 2 rings (SSSR count). The molecule has 92 valence electrons. The molecule has 1 aliphatic rings. The van der Waals surface area contributed by atoms with Crippen molar-refractivity contribution in [3.63, 3.8) is 0 Å². The summed E-state index contributed by atoms with van der Waals surface area (Å²) in [5.41, 5.74) is -0.125. The Kier molecular flexibility index (Phi) is 3.15. The van der Waals surface area contributed by atoms with Gasteiger partial charge in [0.1, 0.15) is 5.82 Å². The molecule has 1 aliphatic heterocycles. The summed E-state index contributed by atoms with van der Waals surface area (Å²) in [4.78, 5) is 14.0. The fourth-order valence-corrected chi connectivity index (χ4v) is 2.14. The van der Waals surface area contributed by atoms with E-state index in [1.807, 2.05) is 13.8 Å². The molecule has 1 N–H and O–H groups in total. The van der Waals surface area contributed by atoms with Gasteiger partial charge in [0, 0.05) is 19.6 Å². The molecule has 17 heavy (non-hydrogen) atoms. The summed E-state index contributed by atoms with van der Waals surface area (Å²) >= 11 is 0. The lowest BCUT2D eigenvalue weighted by Crippen LogP contribution is -2.59. The molecule has 4 heteroatoms. The number of nitrogens with one attached hydrogen (secondary N) is 1. The van der Waals surface area contributed by atoms with Crippen LogP contribution in [0.1, 0.15) is 24.2 Å². The molecule has 0 atom stereocenters. The average Bonchev–Trinajstić information content (AvgIpc) is 2.28. The topological polar surface area (TPSA) is 32.3 Å². The van der Waals surface area contributed by atoms with E-state index in [1.54, 1.807) is 17.0 Å². The quantitative estimate of drug-likeness (QED) is 0.804. The number of halogens is 1. The Labute approximate surface area is 101 Å². The van der Waals surface area contributed by atoms with Crippen LogP contribution in [0.5, 0.6) is 0 Å². The molecule has 3 nitrogen and oxygen atoms in total. The standard InChI is InChI=1S/C13H17FN2O/c1-13(2)9-15-7-8-16(13)12(17)10-5-3-4-6-11(10)14/h3-6,15H,7-9H2,1-2H3. The van der Waals surface area contributed by atoms with Crippen molar-refractivity contribution in [2.45, 2.75) is 19.4 Å². The third kappa shape index (κ3) is 2.31. The van der Waals surface area contributed by atoms with Crippen molar-refractivity contribution in [2.24, 2.45) is 0 Å². The van der Waals surface area contributed by atoms with E-state index in [0.29, 0.717) is 6.54 Å². The van der Waals surface area contributed by atoms with Gasteiger partial charge in [0.15, 0.2) is 0 Å². The zero-order valence-corrected chi connectivity index (χ0v) is 10.2. The van der Waals surface area contributed by atoms with Crippen LogP contribution in [0.4, 0.5) is 4.39 Å². The fraction of sp³-hybridized carbons (Fsp3) is 0.462. The van der Waals surface area contributed by atoms with Gasteiger partial charge in [-0.25, -0.2) is 4.39 Å². The van der Waals surface area contributed by atoms with E-state index in [-0.39, 0.29) is 17.0 Å². The Morgan fingerprint density at radius 2 is 2.12 bits per heavy atom. The van der Waals surface area contributed by atoms with E-state index in [4.69, 9.17) is 0 Å². The van der Waals surface area contributed by atoms with Crippen molar-refractivity contribution in [2.75, 3.05) is 19.6 Å². The normalized spacial score (nSPS) is 19.1. The van der Waals surface area contributed by atoms with Gasteiger partial charge >= 0.3 is 0 Å². The minimum Gasteiger partial charge on any atom is -0.331 e. The third-order valence-corrected chi connectivity index (χ3v) is 3.15. The molecule has 0 spiro atoms. The number of hydrogen-bond donors (Lipinski definition) is 1. The molecule has 1 aromatic rings. The maximum Gasteiger partial charge on any atom is 0.257 e. The minimum atomic E-state index is -0.452. The van der Waals surface area contributed by atoms with Crippen molar-refractivity contribution >= 4 is 5.91 Å². The molecule has 0 bridgehead atoms. The van der Waals surface area contributed by atoms with Crippen LogP contribution in [0.15, 0.2) is 24.3 Å². The molecular formula is C13H17FN2O. The predicted octanol–water partition coefficient (Wildman–Crippen LogP) is 1.65. The molecule has 1 heterocycles. The molecule has 1 fully saturated rings. The predicted molar refractivity (Wildman–Crippen MR) is 64.4 cm³/mol. The second kappa shape index (κ2) is 4.45. The van der Waals surface area contributed by atoms with Crippen LogP contribution in [0.2, 0.25) is 0 Å². The van der Waals surface area contributed by atoms with Crippen molar-refractivity contribution in [3.05, 3.63) is 35.6 Å². The molecule has 1 amide bonds. The second-order valence-corrected chi connectivity index (χ2v) is 4.93. The molecule has 0 unspecified atom stereocenters. The number of nitrogens with zero attached hydrogens (tertiary/aromatic N) is 1. The molecule has 0 saturated carbocycles. The molecular weight excluding hydrogens is 219 g/mol. The highest BCUT2D eigenvalue weighted by molar-refractivity contribution is 5.95. The van der Waals surface area contributed by atoms with Crippen LogP contribution >= 0.6 is 0 Å².